The van der Waals surface area contributed by atoms with Crippen LogP contribution in [0.3, 0.4) is 0 Å². The number of rotatable bonds is 6. The minimum atomic E-state index is -0.427. The molecule has 0 aromatic carbocycles. The molecule has 1 nitrogen and oxygen atoms in total. The molecule has 0 spiro atoms. The van der Waals surface area contributed by atoms with Crippen molar-refractivity contribution in [2.75, 3.05) is 6.61 Å². The molecule has 0 aromatic rings. The summed E-state index contributed by atoms with van der Waals surface area (Å²) in [5.74, 6) is 0. The predicted octanol–water partition coefficient (Wildman–Crippen LogP) is 2.79. The standard InChI is InChI=1S/C8H20OSi2/c1-10(2)8-6-5-7-9-11(3)4/h5-8H2,1-4H3. The van der Waals surface area contributed by atoms with Crippen molar-refractivity contribution in [1.29, 1.82) is 0 Å². The molecule has 66 valence electrons. The van der Waals surface area contributed by atoms with Gasteiger partial charge in [-0.05, 0) is 19.5 Å². The highest BCUT2D eigenvalue weighted by Crippen LogP contribution is 2.01. The molecule has 2 radical (unpaired) electrons. The summed E-state index contributed by atoms with van der Waals surface area (Å²) in [4.78, 5) is 0. The molecule has 0 saturated heterocycles. The average molecular weight is 188 g/mol. The van der Waals surface area contributed by atoms with Crippen molar-refractivity contribution in [2.45, 2.75) is 45.1 Å². The van der Waals surface area contributed by atoms with E-state index < -0.39 is 9.04 Å². The summed E-state index contributed by atoms with van der Waals surface area (Å²) in [6.45, 7) is 10.1. The normalized spacial score (nSPS) is 11.5. The Morgan fingerprint density at radius 3 is 2.09 bits per heavy atom. The Morgan fingerprint density at radius 2 is 1.64 bits per heavy atom. The summed E-state index contributed by atoms with van der Waals surface area (Å²) < 4.78 is 5.54. The lowest BCUT2D eigenvalue weighted by atomic mass is 10.4. The van der Waals surface area contributed by atoms with E-state index >= 15 is 0 Å². The summed E-state index contributed by atoms with van der Waals surface area (Å²) in [6, 6.07) is 1.45. The van der Waals surface area contributed by atoms with Gasteiger partial charge in [0.15, 0.2) is 0 Å². The monoisotopic (exact) mass is 188 g/mol. The van der Waals surface area contributed by atoms with Crippen LogP contribution in [-0.2, 0) is 4.43 Å². The van der Waals surface area contributed by atoms with E-state index in [0.717, 1.165) is 6.61 Å². The minimum absolute atomic E-state index is 0.0177. The molecule has 0 fully saturated rings. The Morgan fingerprint density at radius 1 is 1.00 bits per heavy atom. The molecule has 0 N–H and O–H groups in total. The highest BCUT2D eigenvalue weighted by Gasteiger charge is 1.97. The van der Waals surface area contributed by atoms with Gasteiger partial charge in [0.2, 0.25) is 9.04 Å². The van der Waals surface area contributed by atoms with Gasteiger partial charge in [0.25, 0.3) is 0 Å². The van der Waals surface area contributed by atoms with E-state index in [-0.39, 0.29) is 8.80 Å². The van der Waals surface area contributed by atoms with Crippen LogP contribution in [0.15, 0.2) is 0 Å². The van der Waals surface area contributed by atoms with Gasteiger partial charge in [-0.3, -0.25) is 0 Å². The van der Waals surface area contributed by atoms with Gasteiger partial charge in [-0.15, -0.1) is 0 Å². The number of hydrogen-bond donors (Lipinski definition) is 0. The van der Waals surface area contributed by atoms with E-state index in [9.17, 15) is 0 Å². The van der Waals surface area contributed by atoms with Crippen LogP contribution in [-0.4, -0.2) is 24.4 Å². The van der Waals surface area contributed by atoms with E-state index in [4.69, 9.17) is 4.43 Å². The third-order valence-corrected chi connectivity index (χ3v) is 3.60. The van der Waals surface area contributed by atoms with Crippen molar-refractivity contribution in [1.82, 2.24) is 0 Å². The van der Waals surface area contributed by atoms with E-state index in [2.05, 4.69) is 26.2 Å². The fourth-order valence-corrected chi connectivity index (χ4v) is 2.37. The van der Waals surface area contributed by atoms with Crippen molar-refractivity contribution in [2.24, 2.45) is 0 Å². The quantitative estimate of drug-likeness (QED) is 0.460. The van der Waals surface area contributed by atoms with Gasteiger partial charge in [-0.1, -0.05) is 25.6 Å². The van der Waals surface area contributed by atoms with Crippen LogP contribution in [0.2, 0.25) is 32.2 Å². The molecule has 0 aliphatic rings. The van der Waals surface area contributed by atoms with Gasteiger partial charge < -0.3 is 4.43 Å². The van der Waals surface area contributed by atoms with Gasteiger partial charge >= 0.3 is 0 Å². The van der Waals surface area contributed by atoms with Gasteiger partial charge in [0, 0.05) is 15.4 Å². The van der Waals surface area contributed by atoms with Crippen molar-refractivity contribution in [3.63, 3.8) is 0 Å². The van der Waals surface area contributed by atoms with Gasteiger partial charge in [-0.2, -0.15) is 0 Å². The molecule has 11 heavy (non-hydrogen) atoms. The topological polar surface area (TPSA) is 9.23 Å². The Kier molecular flexibility index (Phi) is 7.32. The van der Waals surface area contributed by atoms with Crippen LogP contribution in [0.4, 0.5) is 0 Å². The van der Waals surface area contributed by atoms with E-state index in [1.165, 1.54) is 18.9 Å². The highest BCUT2D eigenvalue weighted by molar-refractivity contribution is 6.55. The van der Waals surface area contributed by atoms with E-state index in [1.807, 2.05) is 0 Å². The van der Waals surface area contributed by atoms with E-state index in [1.54, 1.807) is 0 Å². The van der Waals surface area contributed by atoms with Crippen molar-refractivity contribution in [3.05, 3.63) is 0 Å². The van der Waals surface area contributed by atoms with Crippen LogP contribution in [0.5, 0.6) is 0 Å². The summed E-state index contributed by atoms with van der Waals surface area (Å²) in [7, 11) is -0.409. The summed E-state index contributed by atoms with van der Waals surface area (Å²) in [5.41, 5.74) is 0. The molecule has 0 saturated carbocycles. The second-order valence-corrected chi connectivity index (χ2v) is 8.44. The SMILES string of the molecule is C[Si](C)CCCCO[Si](C)C. The Labute approximate surface area is 74.5 Å². The van der Waals surface area contributed by atoms with Crippen LogP contribution in [0, 0.1) is 0 Å². The molecule has 3 heteroatoms. The average Bonchev–Trinajstić information content (AvgIpc) is 1.85. The first kappa shape index (κ1) is 11.4. The maximum absolute atomic E-state index is 5.54. The zero-order chi connectivity index (χ0) is 8.69. The summed E-state index contributed by atoms with van der Waals surface area (Å²) >= 11 is 0. The third kappa shape index (κ3) is 10.4. The first-order valence-electron chi connectivity index (χ1n) is 4.35. The Hall–Kier alpha value is 0.394. The minimum Gasteiger partial charge on any atom is -0.417 e. The van der Waals surface area contributed by atoms with Crippen LogP contribution < -0.4 is 0 Å². The first-order valence-corrected chi connectivity index (χ1v) is 9.46. The highest BCUT2D eigenvalue weighted by atomic mass is 28.3. The van der Waals surface area contributed by atoms with Gasteiger partial charge in [0.05, 0.1) is 0 Å². The molecular weight excluding hydrogens is 168 g/mol. The maximum atomic E-state index is 5.54. The van der Waals surface area contributed by atoms with Gasteiger partial charge in [-0.25, -0.2) is 0 Å². The molecule has 0 bridgehead atoms. The molecule has 0 aliphatic carbocycles. The summed E-state index contributed by atoms with van der Waals surface area (Å²) in [5, 5.41) is 0. The molecule has 0 aromatic heterocycles. The lowest BCUT2D eigenvalue weighted by Gasteiger charge is -2.06. The van der Waals surface area contributed by atoms with Gasteiger partial charge in [0.1, 0.15) is 0 Å². The molecule has 0 rings (SSSR count). The molecule has 0 aliphatic heterocycles. The second kappa shape index (κ2) is 7.07. The molecule has 0 amide bonds. The second-order valence-electron chi connectivity index (χ2n) is 3.42. The predicted molar refractivity (Wildman–Crippen MR) is 55.0 cm³/mol. The number of unbranched alkanes of at least 4 members (excludes halogenated alkanes) is 1. The number of hydrogen-bond acceptors (Lipinski definition) is 1. The fraction of sp³-hybridized carbons (Fsp3) is 1.00. The molecule has 0 atom stereocenters. The van der Waals surface area contributed by atoms with Crippen LogP contribution in [0.1, 0.15) is 12.8 Å². The fourth-order valence-electron chi connectivity index (χ4n) is 0.857. The molecular formula is C8H20OSi2. The lowest BCUT2D eigenvalue weighted by Crippen LogP contribution is -2.09. The zero-order valence-corrected chi connectivity index (χ0v) is 10.2. The first-order chi connectivity index (χ1) is 5.13. The molecule has 0 unspecified atom stereocenters. The molecule has 0 heterocycles. The third-order valence-electron chi connectivity index (χ3n) is 1.46. The smallest absolute Gasteiger partial charge is 0.204 e. The van der Waals surface area contributed by atoms with Crippen LogP contribution >= 0.6 is 0 Å². The van der Waals surface area contributed by atoms with Crippen molar-refractivity contribution in [3.8, 4) is 0 Å². The largest absolute Gasteiger partial charge is 0.417 e. The van der Waals surface area contributed by atoms with Crippen LogP contribution in [0.25, 0.3) is 0 Å². The lowest BCUT2D eigenvalue weighted by molar-refractivity contribution is 0.317. The Bertz CT molecular complexity index is 74.2. The van der Waals surface area contributed by atoms with Crippen molar-refractivity contribution >= 4 is 17.8 Å². The van der Waals surface area contributed by atoms with E-state index in [0.29, 0.717) is 0 Å². The summed E-state index contributed by atoms with van der Waals surface area (Å²) in [6.07, 6.45) is 2.64. The van der Waals surface area contributed by atoms with Crippen molar-refractivity contribution < 1.29 is 4.43 Å². The zero-order valence-electron chi connectivity index (χ0n) is 8.24. The Balaban J connectivity index is 2.91. The maximum Gasteiger partial charge on any atom is 0.204 e.